The number of hydrogen-bond donors (Lipinski definition) is 1. The molecule has 7 heteroatoms. The molecule has 0 fully saturated rings. The van der Waals surface area contributed by atoms with E-state index in [1.165, 1.54) is 0 Å². The van der Waals surface area contributed by atoms with Crippen molar-refractivity contribution in [3.63, 3.8) is 0 Å². The Labute approximate surface area is 133 Å². The van der Waals surface area contributed by atoms with Crippen molar-refractivity contribution in [3.05, 3.63) is 34.9 Å². The molecule has 1 amide bonds. The van der Waals surface area contributed by atoms with Crippen LogP contribution in [0.2, 0.25) is 0 Å². The Morgan fingerprint density at radius 1 is 1.35 bits per heavy atom. The van der Waals surface area contributed by atoms with Gasteiger partial charge in [-0.2, -0.15) is 10.2 Å². The van der Waals surface area contributed by atoms with Gasteiger partial charge in [0.2, 0.25) is 0 Å². The summed E-state index contributed by atoms with van der Waals surface area (Å²) in [5, 5.41) is 12.3. The first-order valence-corrected chi connectivity index (χ1v) is 7.71. The zero-order valence-electron chi connectivity index (χ0n) is 13.4. The van der Waals surface area contributed by atoms with Crippen LogP contribution in [0.4, 0.5) is 5.69 Å². The molecule has 4 rings (SSSR count). The smallest absolute Gasteiger partial charge is 0.259 e. The van der Waals surface area contributed by atoms with Gasteiger partial charge < -0.3 is 4.90 Å². The van der Waals surface area contributed by atoms with Gasteiger partial charge in [-0.1, -0.05) is 0 Å². The van der Waals surface area contributed by atoms with E-state index in [4.69, 9.17) is 0 Å². The number of aromatic nitrogens is 5. The molecule has 0 saturated heterocycles. The number of fused-ring (bicyclic) bond motifs is 2. The fourth-order valence-electron chi connectivity index (χ4n) is 3.35. The Bertz CT molecular complexity index is 922. The van der Waals surface area contributed by atoms with Gasteiger partial charge in [0, 0.05) is 19.3 Å². The lowest BCUT2D eigenvalue weighted by Crippen LogP contribution is -2.35. The zero-order valence-corrected chi connectivity index (χ0v) is 13.4. The third-order valence-electron chi connectivity index (χ3n) is 4.37. The number of aromatic amines is 1. The van der Waals surface area contributed by atoms with Crippen LogP contribution in [0.15, 0.2) is 12.3 Å². The van der Waals surface area contributed by atoms with Crippen LogP contribution in [0, 0.1) is 13.8 Å². The summed E-state index contributed by atoms with van der Waals surface area (Å²) in [5.41, 5.74) is 4.94. The number of rotatable bonds is 1. The molecule has 23 heavy (non-hydrogen) atoms. The van der Waals surface area contributed by atoms with Crippen LogP contribution in [0.25, 0.3) is 11.0 Å². The molecule has 3 aromatic rings. The number of nitrogens with one attached hydrogen (secondary N) is 1. The molecule has 0 radical (unpaired) electrons. The van der Waals surface area contributed by atoms with Crippen LogP contribution < -0.4 is 4.90 Å². The Morgan fingerprint density at radius 2 is 2.17 bits per heavy atom. The summed E-state index contributed by atoms with van der Waals surface area (Å²) in [6.07, 6.45) is 3.59. The fraction of sp³-hybridized carbons (Fsp3) is 0.375. The van der Waals surface area contributed by atoms with Gasteiger partial charge in [-0.3, -0.25) is 14.6 Å². The number of H-pyrrole nitrogens is 1. The normalized spacial score (nSPS) is 14.3. The highest BCUT2D eigenvalue weighted by atomic mass is 16.2. The molecule has 0 saturated carbocycles. The second kappa shape index (κ2) is 4.91. The molecule has 0 unspecified atom stereocenters. The number of hydrogen-bond acceptors (Lipinski definition) is 4. The maximum absolute atomic E-state index is 13.2. The van der Waals surface area contributed by atoms with Gasteiger partial charge in [0.1, 0.15) is 0 Å². The highest BCUT2D eigenvalue weighted by molar-refractivity contribution is 6.14. The summed E-state index contributed by atoms with van der Waals surface area (Å²) in [4.78, 5) is 19.5. The first-order chi connectivity index (χ1) is 11.1. The summed E-state index contributed by atoms with van der Waals surface area (Å²) in [6.45, 7) is 4.52. The van der Waals surface area contributed by atoms with Crippen molar-refractivity contribution < 1.29 is 4.79 Å². The van der Waals surface area contributed by atoms with Crippen LogP contribution in [0.1, 0.15) is 33.9 Å². The Hall–Kier alpha value is -2.70. The van der Waals surface area contributed by atoms with Crippen LogP contribution in [-0.4, -0.2) is 37.4 Å². The SMILES string of the molecule is Cc1cc(C(=O)N2CCCc3[nH]ncc32)c2c(C)nn(C)c2n1. The van der Waals surface area contributed by atoms with Crippen LogP contribution in [0.3, 0.4) is 0 Å². The van der Waals surface area contributed by atoms with E-state index >= 15 is 0 Å². The summed E-state index contributed by atoms with van der Waals surface area (Å²) >= 11 is 0. The maximum Gasteiger partial charge on any atom is 0.259 e. The summed E-state index contributed by atoms with van der Waals surface area (Å²) in [7, 11) is 1.85. The Balaban J connectivity index is 1.89. The highest BCUT2D eigenvalue weighted by Crippen LogP contribution is 2.29. The molecule has 118 valence electrons. The van der Waals surface area contributed by atoms with Crippen LogP contribution >= 0.6 is 0 Å². The predicted octanol–water partition coefficient (Wildman–Crippen LogP) is 1.90. The van der Waals surface area contributed by atoms with Crippen molar-refractivity contribution in [3.8, 4) is 0 Å². The molecular weight excluding hydrogens is 292 g/mol. The number of anilines is 1. The van der Waals surface area contributed by atoms with Gasteiger partial charge in [-0.25, -0.2) is 4.98 Å². The maximum atomic E-state index is 13.2. The highest BCUT2D eigenvalue weighted by Gasteiger charge is 2.27. The number of nitrogens with zero attached hydrogens (tertiary/aromatic N) is 5. The summed E-state index contributed by atoms with van der Waals surface area (Å²) in [5.74, 6) is -0.0149. The van der Waals surface area contributed by atoms with Gasteiger partial charge in [-0.15, -0.1) is 0 Å². The Morgan fingerprint density at radius 3 is 3.00 bits per heavy atom. The van der Waals surface area contributed by atoms with Gasteiger partial charge in [0.05, 0.1) is 34.2 Å². The van der Waals surface area contributed by atoms with Crippen molar-refractivity contribution in [1.29, 1.82) is 0 Å². The van der Waals surface area contributed by atoms with E-state index in [2.05, 4.69) is 20.3 Å². The summed E-state index contributed by atoms with van der Waals surface area (Å²) in [6, 6.07) is 1.85. The monoisotopic (exact) mass is 310 g/mol. The third-order valence-corrected chi connectivity index (χ3v) is 4.37. The number of pyridine rings is 1. The van der Waals surface area contributed by atoms with E-state index in [1.54, 1.807) is 10.9 Å². The van der Waals surface area contributed by atoms with Gasteiger partial charge in [0.25, 0.3) is 5.91 Å². The molecule has 3 aromatic heterocycles. The second-order valence-corrected chi connectivity index (χ2v) is 6.01. The number of carbonyl (C=O) groups is 1. The topological polar surface area (TPSA) is 79.7 Å². The largest absolute Gasteiger partial charge is 0.305 e. The lowest BCUT2D eigenvalue weighted by molar-refractivity contribution is 0.0986. The number of carbonyl (C=O) groups excluding carboxylic acids is 1. The number of aryl methyl sites for hydroxylation is 4. The van der Waals surface area contributed by atoms with E-state index in [1.807, 2.05) is 31.9 Å². The van der Waals surface area contributed by atoms with Crippen molar-refractivity contribution in [2.45, 2.75) is 26.7 Å². The molecule has 7 nitrogen and oxygen atoms in total. The molecule has 0 aliphatic carbocycles. The minimum absolute atomic E-state index is 0.0149. The molecule has 4 heterocycles. The zero-order chi connectivity index (χ0) is 16.1. The molecule has 0 aromatic carbocycles. The fourth-order valence-corrected chi connectivity index (χ4v) is 3.35. The number of amides is 1. The standard InChI is InChI=1S/C16H18N6O/c1-9-7-11(14-10(2)20-21(3)15(14)18-9)16(23)22-6-4-5-12-13(22)8-17-19-12/h7-8H,4-6H2,1-3H3,(H,17,19). The quantitative estimate of drug-likeness (QED) is 0.744. The van der Waals surface area contributed by atoms with E-state index in [-0.39, 0.29) is 5.91 Å². The van der Waals surface area contributed by atoms with E-state index in [0.29, 0.717) is 12.1 Å². The van der Waals surface area contributed by atoms with Gasteiger partial charge in [0.15, 0.2) is 5.65 Å². The molecule has 0 bridgehead atoms. The van der Waals surface area contributed by atoms with Gasteiger partial charge in [-0.05, 0) is 32.8 Å². The molecule has 1 aliphatic rings. The van der Waals surface area contributed by atoms with E-state index in [0.717, 1.165) is 46.6 Å². The lowest BCUT2D eigenvalue weighted by Gasteiger charge is -2.26. The van der Waals surface area contributed by atoms with E-state index in [9.17, 15) is 4.79 Å². The van der Waals surface area contributed by atoms with Gasteiger partial charge >= 0.3 is 0 Å². The Kier molecular flexibility index (Phi) is 2.97. The second-order valence-electron chi connectivity index (χ2n) is 6.01. The molecule has 1 N–H and O–H groups in total. The van der Waals surface area contributed by atoms with E-state index < -0.39 is 0 Å². The first-order valence-electron chi connectivity index (χ1n) is 7.71. The predicted molar refractivity (Wildman–Crippen MR) is 86.6 cm³/mol. The van der Waals surface area contributed by atoms with Crippen LogP contribution in [-0.2, 0) is 13.5 Å². The average Bonchev–Trinajstić information content (AvgIpc) is 3.11. The molecule has 1 aliphatic heterocycles. The van der Waals surface area contributed by atoms with Crippen LogP contribution in [0.5, 0.6) is 0 Å². The lowest BCUT2D eigenvalue weighted by atomic mass is 10.0. The van der Waals surface area contributed by atoms with Crippen molar-refractivity contribution in [1.82, 2.24) is 25.0 Å². The minimum atomic E-state index is -0.0149. The minimum Gasteiger partial charge on any atom is -0.305 e. The molecule has 0 spiro atoms. The van der Waals surface area contributed by atoms with Crippen molar-refractivity contribution in [2.75, 3.05) is 11.4 Å². The molecular formula is C16H18N6O. The average molecular weight is 310 g/mol. The van der Waals surface area contributed by atoms with Crippen molar-refractivity contribution >= 4 is 22.6 Å². The third kappa shape index (κ3) is 2.03. The summed E-state index contributed by atoms with van der Waals surface area (Å²) < 4.78 is 1.73. The first kappa shape index (κ1) is 13.9. The molecule has 0 atom stereocenters. The van der Waals surface area contributed by atoms with Crippen molar-refractivity contribution in [2.24, 2.45) is 7.05 Å².